The highest BCUT2D eigenvalue weighted by Crippen LogP contribution is 2.57. The molecule has 1 aliphatic carbocycles. The smallest absolute Gasteiger partial charge is 0.141 e. The Bertz CT molecular complexity index is 2910. The van der Waals surface area contributed by atoms with E-state index in [1.807, 2.05) is 48.5 Å². The second kappa shape index (κ2) is 13.6. The number of hydrogen-bond donors (Lipinski definition) is 2. The minimum atomic E-state index is -1.65. The van der Waals surface area contributed by atoms with Crippen molar-refractivity contribution in [3.8, 4) is 22.3 Å². The van der Waals surface area contributed by atoms with Gasteiger partial charge >= 0.3 is 0 Å². The lowest BCUT2D eigenvalue weighted by atomic mass is 9.61. The van der Waals surface area contributed by atoms with Crippen molar-refractivity contribution in [2.75, 3.05) is 0 Å². The van der Waals surface area contributed by atoms with Crippen LogP contribution >= 0.6 is 0 Å². The van der Waals surface area contributed by atoms with Gasteiger partial charge in [-0.3, -0.25) is 0 Å². The van der Waals surface area contributed by atoms with Crippen molar-refractivity contribution in [3.05, 3.63) is 226 Å². The summed E-state index contributed by atoms with van der Waals surface area (Å²) in [6, 6.07) is 63.4. The Morgan fingerprint density at radius 3 is 0.917 bits per heavy atom. The normalized spacial score (nSPS) is 17.8. The summed E-state index contributed by atoms with van der Waals surface area (Å²) >= 11 is 0. The molecule has 9 aromatic rings. The molecule has 1 aliphatic rings. The van der Waals surface area contributed by atoms with E-state index in [0.717, 1.165) is 65.7 Å². The topological polar surface area (TPSA) is 40.5 Å². The highest BCUT2D eigenvalue weighted by atomic mass is 16.3. The third-order valence-corrected chi connectivity index (χ3v) is 13.1. The maximum atomic E-state index is 14.2. The van der Waals surface area contributed by atoms with Crippen molar-refractivity contribution in [1.82, 2.24) is 0 Å². The molecule has 0 spiro atoms. The molecule has 2 atom stereocenters. The van der Waals surface area contributed by atoms with Gasteiger partial charge in [-0.25, -0.2) is 0 Å². The molecule has 60 heavy (non-hydrogen) atoms. The summed E-state index contributed by atoms with van der Waals surface area (Å²) in [6.45, 7) is 13.4. The molecule has 2 N–H and O–H groups in total. The van der Waals surface area contributed by atoms with E-state index in [2.05, 4.69) is 175 Å². The van der Waals surface area contributed by atoms with Crippen LogP contribution in [0.1, 0.15) is 86.1 Å². The molecule has 0 fully saturated rings. The van der Waals surface area contributed by atoms with Gasteiger partial charge in [-0.15, -0.1) is 0 Å². The monoisotopic (exact) mass is 778 g/mol. The summed E-state index contributed by atoms with van der Waals surface area (Å²) in [5.74, 6) is 0. The Hall–Kier alpha value is -6.32. The van der Waals surface area contributed by atoms with E-state index in [9.17, 15) is 10.2 Å². The summed E-state index contributed by atoms with van der Waals surface area (Å²) in [6.07, 6.45) is 0. The van der Waals surface area contributed by atoms with Gasteiger partial charge in [0.25, 0.3) is 0 Å². The summed E-state index contributed by atoms with van der Waals surface area (Å²) in [7, 11) is 0. The van der Waals surface area contributed by atoms with Crippen LogP contribution in [0.4, 0.5) is 0 Å². The van der Waals surface area contributed by atoms with Gasteiger partial charge in [-0.1, -0.05) is 211 Å². The van der Waals surface area contributed by atoms with Crippen LogP contribution in [-0.2, 0) is 22.0 Å². The molecule has 0 aromatic heterocycles. The minimum Gasteiger partial charge on any atom is -0.376 e. The van der Waals surface area contributed by atoms with Crippen molar-refractivity contribution in [2.45, 2.75) is 63.6 Å². The molecular weight excluding hydrogens is 729 g/mol. The average Bonchev–Trinajstić information content (AvgIpc) is 3.27. The Balaban J connectivity index is 1.33. The lowest BCUT2D eigenvalue weighted by Crippen LogP contribution is -2.44. The minimum absolute atomic E-state index is 0.000873. The number of hydrogen-bond acceptors (Lipinski definition) is 2. The largest absolute Gasteiger partial charge is 0.376 e. The third-order valence-electron chi connectivity index (χ3n) is 13.1. The number of aliphatic hydroxyl groups is 2. The van der Waals surface area contributed by atoms with Crippen LogP contribution in [0.25, 0.3) is 54.6 Å². The van der Waals surface area contributed by atoms with E-state index in [-0.39, 0.29) is 10.8 Å². The van der Waals surface area contributed by atoms with Crippen molar-refractivity contribution in [1.29, 1.82) is 0 Å². The van der Waals surface area contributed by atoms with E-state index >= 15 is 0 Å². The Morgan fingerprint density at radius 1 is 0.300 bits per heavy atom. The maximum Gasteiger partial charge on any atom is 0.141 e. The quantitative estimate of drug-likeness (QED) is 0.175. The molecule has 0 radical (unpaired) electrons. The molecule has 0 bridgehead atoms. The fourth-order valence-corrected chi connectivity index (χ4v) is 9.93. The molecule has 0 amide bonds. The van der Waals surface area contributed by atoms with Gasteiger partial charge in [0.1, 0.15) is 11.2 Å². The van der Waals surface area contributed by atoms with E-state index in [4.69, 9.17) is 0 Å². The second-order valence-corrected chi connectivity index (χ2v) is 18.7. The van der Waals surface area contributed by atoms with Gasteiger partial charge in [-0.05, 0) is 99.8 Å². The Morgan fingerprint density at radius 2 is 0.583 bits per heavy atom. The molecule has 2 unspecified atom stereocenters. The van der Waals surface area contributed by atoms with Crippen molar-refractivity contribution < 1.29 is 10.2 Å². The van der Waals surface area contributed by atoms with Gasteiger partial charge in [0.05, 0.1) is 0 Å². The molecule has 2 nitrogen and oxygen atoms in total. The highest BCUT2D eigenvalue weighted by Gasteiger charge is 2.52. The zero-order valence-electron chi connectivity index (χ0n) is 35.2. The van der Waals surface area contributed by atoms with Crippen LogP contribution in [0.15, 0.2) is 182 Å². The van der Waals surface area contributed by atoms with Gasteiger partial charge < -0.3 is 10.2 Å². The van der Waals surface area contributed by atoms with Crippen LogP contribution in [0.3, 0.4) is 0 Å². The first kappa shape index (κ1) is 37.9. The van der Waals surface area contributed by atoms with E-state index < -0.39 is 11.2 Å². The number of benzene rings is 9. The molecule has 10 rings (SSSR count). The molecule has 9 aromatic carbocycles. The molecule has 0 heterocycles. The van der Waals surface area contributed by atoms with Crippen molar-refractivity contribution in [3.63, 3.8) is 0 Å². The average molecular weight is 779 g/mol. The maximum absolute atomic E-state index is 14.2. The van der Waals surface area contributed by atoms with Gasteiger partial charge in [-0.2, -0.15) is 0 Å². The van der Waals surface area contributed by atoms with Crippen LogP contribution < -0.4 is 0 Å². The first-order valence-corrected chi connectivity index (χ1v) is 21.1. The predicted molar refractivity (Wildman–Crippen MR) is 251 cm³/mol. The Kier molecular flexibility index (Phi) is 8.60. The lowest BCUT2D eigenvalue weighted by molar-refractivity contribution is 0.0756. The van der Waals surface area contributed by atoms with E-state index in [1.54, 1.807) is 0 Å². The first-order chi connectivity index (χ1) is 28.8. The van der Waals surface area contributed by atoms with Gasteiger partial charge in [0.2, 0.25) is 0 Å². The van der Waals surface area contributed by atoms with Gasteiger partial charge in [0.15, 0.2) is 0 Å². The fraction of sp³-hybridized carbons (Fsp3) is 0.172. The van der Waals surface area contributed by atoms with Crippen LogP contribution in [-0.4, -0.2) is 10.2 Å². The predicted octanol–water partition coefficient (Wildman–Crippen LogP) is 14.0. The SMILES string of the molecule is CC(C)(C)c1ccc(-c2ccccc2C2(O)c3ccccc3C(O)(c3ccccc3-c3ccc(C(C)(C)C)cc3)c3cc4c5ccccc5c5ccccc5c4cc32)cc1. The van der Waals surface area contributed by atoms with Crippen molar-refractivity contribution >= 4 is 32.3 Å². The zero-order valence-corrected chi connectivity index (χ0v) is 35.2. The van der Waals surface area contributed by atoms with Crippen LogP contribution in [0, 0.1) is 0 Å². The van der Waals surface area contributed by atoms with Crippen LogP contribution in [0.5, 0.6) is 0 Å². The number of rotatable bonds is 4. The molecule has 0 aliphatic heterocycles. The highest BCUT2D eigenvalue weighted by molar-refractivity contribution is 6.25. The molecule has 2 heteroatoms. The summed E-state index contributed by atoms with van der Waals surface area (Å²) in [5.41, 5.74) is 7.27. The molecule has 294 valence electrons. The summed E-state index contributed by atoms with van der Waals surface area (Å²) < 4.78 is 0. The Labute approximate surface area is 353 Å². The van der Waals surface area contributed by atoms with E-state index in [1.165, 1.54) is 11.1 Å². The van der Waals surface area contributed by atoms with Crippen molar-refractivity contribution in [2.24, 2.45) is 0 Å². The van der Waals surface area contributed by atoms with E-state index in [0.29, 0.717) is 22.3 Å². The van der Waals surface area contributed by atoms with Gasteiger partial charge in [0, 0.05) is 22.3 Å². The van der Waals surface area contributed by atoms with Crippen LogP contribution in [0.2, 0.25) is 0 Å². The molecule has 0 saturated heterocycles. The molecule has 0 saturated carbocycles. The fourth-order valence-electron chi connectivity index (χ4n) is 9.93. The standard InChI is InChI=1S/C58H50O2/c1-55(2,3)39-31-27-37(28-32-39)41-17-11-13-23-49(41)57(59)51-25-15-16-26-52(51)58(60,50-24-14-12-18-42(50)38-29-33-40(34-30-38)56(4,5)6)54-36-48-46-22-10-8-20-44(46)43-19-7-9-21-45(43)47(48)35-53(54)57/h7-36,59-60H,1-6H3. The number of fused-ring (bicyclic) bond motifs is 8. The molecular formula is C58H50O2. The second-order valence-electron chi connectivity index (χ2n) is 18.7. The third kappa shape index (κ3) is 5.69. The summed E-state index contributed by atoms with van der Waals surface area (Å²) in [4.78, 5) is 0. The summed E-state index contributed by atoms with van der Waals surface area (Å²) in [5, 5.41) is 34.9. The zero-order chi connectivity index (χ0) is 41.6. The lowest BCUT2D eigenvalue weighted by Gasteiger charge is -2.46. The first-order valence-electron chi connectivity index (χ1n) is 21.1.